The van der Waals surface area contributed by atoms with E-state index in [9.17, 15) is 4.79 Å². The molecule has 3 aromatic rings. The van der Waals surface area contributed by atoms with Crippen LogP contribution in [0.2, 0.25) is 0 Å². The lowest BCUT2D eigenvalue weighted by Crippen LogP contribution is -2.26. The average Bonchev–Trinajstić information content (AvgIpc) is 3.08. The van der Waals surface area contributed by atoms with Gasteiger partial charge in [-0.2, -0.15) is 9.50 Å². The number of carbonyl (C=O) groups is 1. The molecule has 0 aliphatic carbocycles. The Kier molecular flexibility index (Phi) is 6.76. The Morgan fingerprint density at radius 2 is 1.87 bits per heavy atom. The molecule has 30 heavy (non-hydrogen) atoms. The van der Waals surface area contributed by atoms with E-state index in [0.29, 0.717) is 43.1 Å². The van der Waals surface area contributed by atoms with Crippen molar-refractivity contribution < 1.29 is 14.3 Å². The largest absolute Gasteiger partial charge is 0.493 e. The minimum atomic E-state index is -0.0244. The van der Waals surface area contributed by atoms with Gasteiger partial charge in [-0.15, -0.1) is 5.10 Å². The summed E-state index contributed by atoms with van der Waals surface area (Å²) in [6, 6.07) is 3.77. The van der Waals surface area contributed by atoms with E-state index in [1.165, 1.54) is 0 Å². The van der Waals surface area contributed by atoms with E-state index in [0.717, 1.165) is 27.0 Å². The number of nitrogens with one attached hydrogen (secondary N) is 1. The minimum absolute atomic E-state index is 0.0244. The first-order valence-corrected chi connectivity index (χ1v) is 10.3. The molecular formula is C20H25BrN6O3. The highest BCUT2D eigenvalue weighted by atomic mass is 79.9. The van der Waals surface area contributed by atoms with Gasteiger partial charge in [-0.3, -0.25) is 4.79 Å². The van der Waals surface area contributed by atoms with E-state index in [1.54, 1.807) is 18.7 Å². The predicted octanol–water partition coefficient (Wildman–Crippen LogP) is 2.39. The zero-order valence-electron chi connectivity index (χ0n) is 17.5. The van der Waals surface area contributed by atoms with Crippen molar-refractivity contribution in [2.45, 2.75) is 33.1 Å². The molecule has 0 radical (unpaired) electrons. The molecule has 160 valence electrons. The van der Waals surface area contributed by atoms with Gasteiger partial charge in [-0.1, -0.05) is 15.9 Å². The maximum atomic E-state index is 12.4. The van der Waals surface area contributed by atoms with Crippen molar-refractivity contribution in [1.29, 1.82) is 0 Å². The standard InChI is InChI=1S/C20H25BrN6O3/c1-11-14(12(2)27-20(24-11)25-19(22)26-27)5-6-18(28)23-8-7-13-9-16(29-3)17(30-4)10-15(13)21/h9-10H,5-8H2,1-4H3,(H2,22,26)(H,23,28). The van der Waals surface area contributed by atoms with Gasteiger partial charge in [0.05, 0.1) is 14.2 Å². The topological polar surface area (TPSA) is 117 Å². The molecule has 2 aromatic heterocycles. The number of nitrogens with zero attached hydrogens (tertiary/aromatic N) is 4. The Balaban J connectivity index is 1.58. The molecule has 9 nitrogen and oxygen atoms in total. The number of anilines is 1. The third-order valence-corrected chi connectivity index (χ3v) is 5.67. The van der Waals surface area contributed by atoms with Gasteiger partial charge >= 0.3 is 0 Å². The van der Waals surface area contributed by atoms with Crippen molar-refractivity contribution in [2.24, 2.45) is 0 Å². The summed E-state index contributed by atoms with van der Waals surface area (Å²) in [4.78, 5) is 20.9. The minimum Gasteiger partial charge on any atom is -0.493 e. The van der Waals surface area contributed by atoms with Gasteiger partial charge in [0.2, 0.25) is 11.9 Å². The number of ether oxygens (including phenoxy) is 2. The lowest BCUT2D eigenvalue weighted by Gasteiger charge is -2.13. The number of methoxy groups -OCH3 is 2. The third kappa shape index (κ3) is 4.64. The Hall–Kier alpha value is -2.88. The molecule has 3 rings (SSSR count). The predicted molar refractivity (Wildman–Crippen MR) is 117 cm³/mol. The second kappa shape index (κ2) is 9.29. The normalized spacial score (nSPS) is 11.0. The smallest absolute Gasteiger partial charge is 0.254 e. The van der Waals surface area contributed by atoms with Gasteiger partial charge in [0, 0.05) is 28.8 Å². The number of hydrogen-bond acceptors (Lipinski definition) is 7. The van der Waals surface area contributed by atoms with Crippen molar-refractivity contribution in [3.05, 3.63) is 39.1 Å². The van der Waals surface area contributed by atoms with Crippen LogP contribution >= 0.6 is 15.9 Å². The van der Waals surface area contributed by atoms with Gasteiger partial charge in [0.25, 0.3) is 5.78 Å². The van der Waals surface area contributed by atoms with Crippen molar-refractivity contribution in [3.8, 4) is 11.5 Å². The summed E-state index contributed by atoms with van der Waals surface area (Å²) in [7, 11) is 3.19. The summed E-state index contributed by atoms with van der Waals surface area (Å²) in [5.41, 5.74) is 9.39. The highest BCUT2D eigenvalue weighted by molar-refractivity contribution is 9.10. The number of aromatic nitrogens is 4. The van der Waals surface area contributed by atoms with Gasteiger partial charge in [0.1, 0.15) is 0 Å². The molecule has 0 spiro atoms. The number of hydrogen-bond donors (Lipinski definition) is 2. The van der Waals surface area contributed by atoms with E-state index < -0.39 is 0 Å². The number of nitrogens with two attached hydrogens (primary N) is 1. The Bertz CT molecular complexity index is 1080. The summed E-state index contributed by atoms with van der Waals surface area (Å²) in [6.07, 6.45) is 1.58. The first-order chi connectivity index (χ1) is 14.3. The molecular weight excluding hydrogens is 452 g/mol. The second-order valence-electron chi connectivity index (χ2n) is 6.84. The first-order valence-electron chi connectivity index (χ1n) is 9.49. The van der Waals surface area contributed by atoms with Crippen LogP contribution in [0.25, 0.3) is 5.78 Å². The molecule has 0 bridgehead atoms. The lowest BCUT2D eigenvalue weighted by atomic mass is 10.1. The van der Waals surface area contributed by atoms with Gasteiger partial charge < -0.3 is 20.5 Å². The zero-order valence-corrected chi connectivity index (χ0v) is 19.0. The molecule has 0 aliphatic heterocycles. The van der Waals surface area contributed by atoms with E-state index in [-0.39, 0.29) is 11.9 Å². The summed E-state index contributed by atoms with van der Waals surface area (Å²) in [6.45, 7) is 4.35. The van der Waals surface area contributed by atoms with Crippen molar-refractivity contribution in [3.63, 3.8) is 0 Å². The van der Waals surface area contributed by atoms with Crippen molar-refractivity contribution in [1.82, 2.24) is 24.9 Å². The number of rotatable bonds is 8. The van der Waals surface area contributed by atoms with Crippen LogP contribution < -0.4 is 20.5 Å². The number of carbonyl (C=O) groups excluding carboxylic acids is 1. The van der Waals surface area contributed by atoms with Crippen LogP contribution in [0.3, 0.4) is 0 Å². The monoisotopic (exact) mass is 476 g/mol. The van der Waals surface area contributed by atoms with Crippen molar-refractivity contribution >= 4 is 33.6 Å². The summed E-state index contributed by atoms with van der Waals surface area (Å²) < 4.78 is 13.2. The molecule has 10 heteroatoms. The Morgan fingerprint density at radius 1 is 1.17 bits per heavy atom. The van der Waals surface area contributed by atoms with Crippen LogP contribution in [0.15, 0.2) is 16.6 Å². The molecule has 0 atom stereocenters. The number of halogens is 1. The van der Waals surface area contributed by atoms with Crippen LogP contribution in [0.4, 0.5) is 5.95 Å². The Morgan fingerprint density at radius 3 is 2.57 bits per heavy atom. The molecule has 0 unspecified atom stereocenters. The van der Waals surface area contributed by atoms with Crippen molar-refractivity contribution in [2.75, 3.05) is 26.5 Å². The van der Waals surface area contributed by atoms with Crippen LogP contribution in [0, 0.1) is 13.8 Å². The molecule has 2 heterocycles. The van der Waals surface area contributed by atoms with Gasteiger partial charge in [0.15, 0.2) is 11.5 Å². The summed E-state index contributed by atoms with van der Waals surface area (Å²) in [5.74, 6) is 1.94. The zero-order chi connectivity index (χ0) is 21.8. The summed E-state index contributed by atoms with van der Waals surface area (Å²) in [5, 5.41) is 7.12. The Labute approximate surface area is 183 Å². The van der Waals surface area contributed by atoms with Gasteiger partial charge in [-0.25, -0.2) is 4.98 Å². The van der Waals surface area contributed by atoms with E-state index >= 15 is 0 Å². The second-order valence-corrected chi connectivity index (χ2v) is 7.70. The van der Waals surface area contributed by atoms with E-state index in [4.69, 9.17) is 15.2 Å². The van der Waals surface area contributed by atoms with Crippen LogP contribution in [0.5, 0.6) is 11.5 Å². The number of amides is 1. The quantitative estimate of drug-likeness (QED) is 0.512. The first kappa shape index (κ1) is 21.8. The average molecular weight is 477 g/mol. The number of benzene rings is 1. The van der Waals surface area contributed by atoms with Gasteiger partial charge in [-0.05, 0) is 49.9 Å². The fraction of sp³-hybridized carbons (Fsp3) is 0.400. The number of nitrogen functional groups attached to an aromatic ring is 1. The maximum absolute atomic E-state index is 12.4. The lowest BCUT2D eigenvalue weighted by molar-refractivity contribution is -0.121. The van der Waals surface area contributed by atoms with Crippen LogP contribution in [0.1, 0.15) is 28.9 Å². The number of fused-ring (bicyclic) bond motifs is 1. The molecule has 0 saturated heterocycles. The van der Waals surface area contributed by atoms with Crippen LogP contribution in [-0.2, 0) is 17.6 Å². The third-order valence-electron chi connectivity index (χ3n) is 4.94. The highest BCUT2D eigenvalue weighted by Crippen LogP contribution is 2.33. The van der Waals surface area contributed by atoms with E-state index in [2.05, 4.69) is 36.3 Å². The molecule has 0 saturated carbocycles. The molecule has 3 N–H and O–H groups in total. The van der Waals surface area contributed by atoms with Crippen LogP contribution in [-0.4, -0.2) is 46.3 Å². The SMILES string of the molecule is COc1cc(Br)c(CCNC(=O)CCc2c(C)nc3nc(N)nn3c2C)cc1OC. The maximum Gasteiger partial charge on any atom is 0.254 e. The fourth-order valence-electron chi connectivity index (χ4n) is 3.34. The fourth-order valence-corrected chi connectivity index (χ4v) is 3.86. The molecule has 1 amide bonds. The highest BCUT2D eigenvalue weighted by Gasteiger charge is 2.14. The molecule has 0 fully saturated rings. The van der Waals surface area contributed by atoms with E-state index in [1.807, 2.05) is 26.0 Å². The number of aryl methyl sites for hydroxylation is 2. The summed E-state index contributed by atoms with van der Waals surface area (Å²) >= 11 is 3.54. The molecule has 0 aliphatic rings. The molecule has 1 aromatic carbocycles.